The minimum atomic E-state index is -0.997. The molecular weight excluding hydrogens is 594 g/mol. The SMILES string of the molecule is COCCCOc1cc(C(=O)N(C(C)C)[C@@H]2CC[C@H](CCN(C(=O)CCC(=O)O)C3CC3)N(C(=O)OC(C)(C)C)C2)ccc1OC. The van der Waals surface area contributed by atoms with Gasteiger partial charge in [0.05, 0.1) is 26.2 Å². The van der Waals surface area contributed by atoms with Crippen molar-refractivity contribution in [3.8, 4) is 11.5 Å². The zero-order chi connectivity index (χ0) is 34.0. The Kier molecular flexibility index (Phi) is 13.5. The summed E-state index contributed by atoms with van der Waals surface area (Å²) in [7, 11) is 3.19. The molecule has 0 unspecified atom stereocenters. The lowest BCUT2D eigenvalue weighted by Crippen LogP contribution is -2.58. The average Bonchev–Trinajstić information content (AvgIpc) is 3.83. The zero-order valence-corrected chi connectivity index (χ0v) is 28.6. The van der Waals surface area contributed by atoms with Gasteiger partial charge in [-0.25, -0.2) is 4.79 Å². The number of amides is 3. The first-order valence-corrected chi connectivity index (χ1v) is 16.4. The standard InChI is InChI=1S/C34H53N3O9/c1-23(2)37(32(41)24-9-14-28(44-7)29(21-24)45-20-8-19-43-6)27-13-12-26(36(22-27)33(42)46-34(3,4)5)17-18-35(25-10-11-25)30(38)15-16-31(39)40/h9,14,21,23,25-27H,8,10-13,15-20,22H2,1-7H3,(H,39,40)/t26-,27-/m1/s1. The van der Waals surface area contributed by atoms with E-state index in [0.717, 1.165) is 12.8 Å². The van der Waals surface area contributed by atoms with Gasteiger partial charge in [-0.15, -0.1) is 0 Å². The van der Waals surface area contributed by atoms with Gasteiger partial charge in [0.2, 0.25) is 5.91 Å². The Morgan fingerprint density at radius 1 is 0.978 bits per heavy atom. The predicted octanol–water partition coefficient (Wildman–Crippen LogP) is 4.98. The number of carboxylic acids is 1. The molecule has 2 fully saturated rings. The van der Waals surface area contributed by atoms with Gasteiger partial charge in [0, 0.05) is 63.3 Å². The summed E-state index contributed by atoms with van der Waals surface area (Å²) in [6.07, 6.45) is 3.63. The largest absolute Gasteiger partial charge is 0.493 e. The van der Waals surface area contributed by atoms with Crippen molar-refractivity contribution in [2.75, 3.05) is 40.5 Å². The monoisotopic (exact) mass is 647 g/mol. The quantitative estimate of drug-likeness (QED) is 0.247. The van der Waals surface area contributed by atoms with Crippen LogP contribution >= 0.6 is 0 Å². The van der Waals surface area contributed by atoms with Crippen molar-refractivity contribution in [2.24, 2.45) is 0 Å². The highest BCUT2D eigenvalue weighted by molar-refractivity contribution is 5.95. The van der Waals surface area contributed by atoms with E-state index in [1.807, 2.05) is 39.5 Å². The van der Waals surface area contributed by atoms with E-state index in [9.17, 15) is 19.2 Å². The molecule has 1 saturated heterocycles. The van der Waals surface area contributed by atoms with Crippen LogP contribution in [0.25, 0.3) is 0 Å². The van der Waals surface area contributed by atoms with Crippen molar-refractivity contribution >= 4 is 23.9 Å². The second-order valence-corrected chi connectivity index (χ2v) is 13.4. The van der Waals surface area contributed by atoms with E-state index in [1.54, 1.807) is 42.2 Å². The van der Waals surface area contributed by atoms with Crippen molar-refractivity contribution in [2.45, 2.75) is 116 Å². The van der Waals surface area contributed by atoms with Crippen LogP contribution in [-0.2, 0) is 19.1 Å². The van der Waals surface area contributed by atoms with E-state index >= 15 is 0 Å². The highest BCUT2D eigenvalue weighted by Crippen LogP contribution is 2.33. The summed E-state index contributed by atoms with van der Waals surface area (Å²) in [6, 6.07) is 4.67. The fourth-order valence-electron chi connectivity index (χ4n) is 5.90. The molecule has 1 N–H and O–H groups in total. The molecule has 258 valence electrons. The smallest absolute Gasteiger partial charge is 0.410 e. The fraction of sp³-hybridized carbons (Fsp3) is 0.706. The number of carbonyl (C=O) groups excluding carboxylic acids is 3. The Bertz CT molecular complexity index is 1190. The number of benzene rings is 1. The summed E-state index contributed by atoms with van der Waals surface area (Å²) in [5.41, 5.74) is -0.250. The molecule has 0 spiro atoms. The van der Waals surface area contributed by atoms with Gasteiger partial charge in [0.15, 0.2) is 11.5 Å². The van der Waals surface area contributed by atoms with E-state index in [-0.39, 0.29) is 55.4 Å². The van der Waals surface area contributed by atoms with Gasteiger partial charge < -0.3 is 38.8 Å². The van der Waals surface area contributed by atoms with Crippen LogP contribution < -0.4 is 9.47 Å². The number of hydrogen-bond acceptors (Lipinski definition) is 8. The first kappa shape index (κ1) is 36.9. The van der Waals surface area contributed by atoms with Crippen LogP contribution in [-0.4, -0.2) is 114 Å². The Morgan fingerprint density at radius 2 is 1.67 bits per heavy atom. The van der Waals surface area contributed by atoms with Crippen LogP contribution in [0.3, 0.4) is 0 Å². The maximum atomic E-state index is 14.1. The van der Waals surface area contributed by atoms with Gasteiger partial charge in [-0.1, -0.05) is 0 Å². The van der Waals surface area contributed by atoms with E-state index in [0.29, 0.717) is 62.5 Å². The highest BCUT2D eigenvalue weighted by atomic mass is 16.6. The summed E-state index contributed by atoms with van der Waals surface area (Å²) < 4.78 is 22.3. The molecule has 12 heteroatoms. The minimum Gasteiger partial charge on any atom is -0.493 e. The van der Waals surface area contributed by atoms with Crippen LogP contribution in [0.2, 0.25) is 0 Å². The molecule has 1 aromatic carbocycles. The van der Waals surface area contributed by atoms with Crippen LogP contribution in [0.5, 0.6) is 11.5 Å². The van der Waals surface area contributed by atoms with Crippen molar-refractivity contribution in [1.82, 2.24) is 14.7 Å². The molecule has 2 atom stereocenters. The summed E-state index contributed by atoms with van der Waals surface area (Å²) in [5, 5.41) is 9.06. The molecule has 46 heavy (non-hydrogen) atoms. The van der Waals surface area contributed by atoms with Crippen molar-refractivity contribution < 1.29 is 43.2 Å². The van der Waals surface area contributed by atoms with E-state index < -0.39 is 17.7 Å². The molecule has 1 aromatic rings. The molecule has 0 radical (unpaired) electrons. The Balaban J connectivity index is 1.80. The lowest BCUT2D eigenvalue weighted by atomic mass is 9.93. The van der Waals surface area contributed by atoms with Crippen molar-refractivity contribution in [1.29, 1.82) is 0 Å². The molecule has 12 nitrogen and oxygen atoms in total. The molecule has 0 bridgehead atoms. The number of rotatable bonds is 16. The van der Waals surface area contributed by atoms with Crippen LogP contribution in [0.4, 0.5) is 4.79 Å². The maximum absolute atomic E-state index is 14.1. The third kappa shape index (κ3) is 10.8. The Hall–Kier alpha value is -3.54. The number of hydrogen-bond donors (Lipinski definition) is 1. The lowest BCUT2D eigenvalue weighted by Gasteiger charge is -2.45. The van der Waals surface area contributed by atoms with Crippen molar-refractivity contribution in [3.05, 3.63) is 23.8 Å². The first-order valence-electron chi connectivity index (χ1n) is 16.4. The molecule has 1 saturated carbocycles. The molecular formula is C34H53N3O9. The molecule has 1 heterocycles. The topological polar surface area (TPSA) is 135 Å². The van der Waals surface area contributed by atoms with Crippen molar-refractivity contribution in [3.63, 3.8) is 0 Å². The lowest BCUT2D eigenvalue weighted by molar-refractivity contribution is -0.141. The Labute approximate surface area is 273 Å². The summed E-state index contributed by atoms with van der Waals surface area (Å²) >= 11 is 0. The number of carboxylic acid groups (broad SMARTS) is 1. The molecule has 3 rings (SSSR count). The molecule has 1 aliphatic carbocycles. The number of methoxy groups -OCH3 is 2. The maximum Gasteiger partial charge on any atom is 0.410 e. The third-order valence-electron chi connectivity index (χ3n) is 8.22. The first-order chi connectivity index (χ1) is 21.7. The molecule has 0 aromatic heterocycles. The van der Waals surface area contributed by atoms with Gasteiger partial charge >= 0.3 is 12.1 Å². The minimum absolute atomic E-state index is 0.0366. The molecule has 3 amide bonds. The van der Waals surface area contributed by atoms with Gasteiger partial charge in [-0.2, -0.15) is 0 Å². The molecule has 1 aliphatic heterocycles. The highest BCUT2D eigenvalue weighted by Gasteiger charge is 2.40. The second-order valence-electron chi connectivity index (χ2n) is 13.4. The number of ether oxygens (including phenoxy) is 4. The molecule has 2 aliphatic rings. The third-order valence-corrected chi connectivity index (χ3v) is 8.22. The fourth-order valence-corrected chi connectivity index (χ4v) is 5.90. The summed E-state index contributed by atoms with van der Waals surface area (Å²) in [5.74, 6) is -0.326. The zero-order valence-electron chi connectivity index (χ0n) is 28.6. The number of piperidine rings is 1. The number of carbonyl (C=O) groups is 4. The van der Waals surface area contributed by atoms with E-state index in [4.69, 9.17) is 24.1 Å². The Morgan fingerprint density at radius 3 is 2.26 bits per heavy atom. The van der Waals surface area contributed by atoms with Crippen LogP contribution in [0.15, 0.2) is 18.2 Å². The van der Waals surface area contributed by atoms with Crippen LogP contribution in [0.1, 0.15) is 96.3 Å². The normalized spacial score (nSPS) is 18.2. The number of likely N-dealkylation sites (tertiary alicyclic amines) is 1. The van der Waals surface area contributed by atoms with Gasteiger partial charge in [-0.3, -0.25) is 14.4 Å². The average molecular weight is 648 g/mol. The van der Waals surface area contributed by atoms with Gasteiger partial charge in [-0.05, 0) is 84.9 Å². The van der Waals surface area contributed by atoms with Gasteiger partial charge in [0.1, 0.15) is 5.60 Å². The second kappa shape index (κ2) is 16.9. The summed E-state index contributed by atoms with van der Waals surface area (Å²) in [4.78, 5) is 56.9. The van der Waals surface area contributed by atoms with E-state index in [2.05, 4.69) is 0 Å². The number of aliphatic carboxylic acids is 1. The van der Waals surface area contributed by atoms with E-state index in [1.165, 1.54) is 0 Å². The number of nitrogens with zero attached hydrogens (tertiary/aromatic N) is 3. The predicted molar refractivity (Wildman–Crippen MR) is 172 cm³/mol. The summed E-state index contributed by atoms with van der Waals surface area (Å²) in [6.45, 7) is 11.1. The van der Waals surface area contributed by atoms with Crippen LogP contribution in [0, 0.1) is 0 Å². The van der Waals surface area contributed by atoms with Gasteiger partial charge in [0.25, 0.3) is 5.91 Å².